The quantitative estimate of drug-likeness (QED) is 0.547. The van der Waals surface area contributed by atoms with Crippen LogP contribution in [0.3, 0.4) is 0 Å². The summed E-state index contributed by atoms with van der Waals surface area (Å²) in [5.74, 6) is 0.679. The molecular weight excluding hydrogens is 218 g/mol. The minimum absolute atomic E-state index is 0.222. The Hall–Kier alpha value is -0.900. The number of amides is 1. The highest BCUT2D eigenvalue weighted by molar-refractivity contribution is 5.53. The Bertz CT molecular complexity index is 252. The van der Waals surface area contributed by atoms with Crippen LogP contribution in [0.4, 0.5) is 0 Å². The molecule has 0 radical (unpaired) electrons. The van der Waals surface area contributed by atoms with E-state index in [1.165, 1.54) is 5.06 Å². The highest BCUT2D eigenvalue weighted by Crippen LogP contribution is 2.28. The number of hydrogen-bond acceptors (Lipinski definition) is 3. The first-order valence-electron chi connectivity index (χ1n) is 6.31. The van der Waals surface area contributed by atoms with Crippen LogP contribution < -0.4 is 0 Å². The summed E-state index contributed by atoms with van der Waals surface area (Å²) < 4.78 is 0. The molecule has 1 fully saturated rings. The predicted octanol–water partition coefficient (Wildman–Crippen LogP) is 2.18. The average molecular weight is 241 g/mol. The molecule has 4 nitrogen and oxygen atoms in total. The summed E-state index contributed by atoms with van der Waals surface area (Å²) >= 11 is 0. The molecule has 1 aliphatic carbocycles. The van der Waals surface area contributed by atoms with Crippen molar-refractivity contribution in [1.82, 2.24) is 5.06 Å². The Balaban J connectivity index is 2.37. The van der Waals surface area contributed by atoms with Gasteiger partial charge in [-0.3, -0.25) is 9.63 Å². The normalized spacial score (nSPS) is 25.4. The van der Waals surface area contributed by atoms with Gasteiger partial charge in [-0.05, 0) is 52.4 Å². The number of hydrogen-bond donors (Lipinski definition) is 0. The molecule has 0 aliphatic heterocycles. The standard InChI is InChI=1S/C13H23NO3/c1-13(2,3)17-14(10-16)8-11-4-6-12(9-15)7-5-11/h9-12H,4-8H2,1-3H3. The summed E-state index contributed by atoms with van der Waals surface area (Å²) in [4.78, 5) is 27.1. The lowest BCUT2D eigenvalue weighted by Crippen LogP contribution is -2.37. The van der Waals surface area contributed by atoms with Crippen LogP contribution in [0.2, 0.25) is 0 Å². The van der Waals surface area contributed by atoms with Gasteiger partial charge in [-0.15, -0.1) is 0 Å². The molecule has 0 unspecified atom stereocenters. The summed E-state index contributed by atoms with van der Waals surface area (Å²) in [7, 11) is 0. The summed E-state index contributed by atoms with van der Waals surface area (Å²) in [6.45, 7) is 6.40. The maximum absolute atomic E-state index is 10.9. The van der Waals surface area contributed by atoms with Gasteiger partial charge in [0.2, 0.25) is 6.41 Å². The zero-order chi connectivity index (χ0) is 12.9. The molecule has 0 atom stereocenters. The van der Waals surface area contributed by atoms with E-state index in [4.69, 9.17) is 4.84 Å². The Morgan fingerprint density at radius 2 is 1.76 bits per heavy atom. The van der Waals surface area contributed by atoms with Crippen molar-refractivity contribution in [3.63, 3.8) is 0 Å². The second-order valence-electron chi connectivity index (χ2n) is 5.83. The van der Waals surface area contributed by atoms with Crippen molar-refractivity contribution >= 4 is 12.7 Å². The first-order valence-corrected chi connectivity index (χ1v) is 6.31. The molecule has 0 heterocycles. The molecule has 0 aromatic rings. The first kappa shape index (κ1) is 14.2. The minimum Gasteiger partial charge on any atom is -0.303 e. The zero-order valence-corrected chi connectivity index (χ0v) is 11.0. The first-order chi connectivity index (χ1) is 7.94. The van der Waals surface area contributed by atoms with Gasteiger partial charge in [0, 0.05) is 5.92 Å². The van der Waals surface area contributed by atoms with Gasteiger partial charge in [0.1, 0.15) is 6.29 Å². The second-order valence-corrected chi connectivity index (χ2v) is 5.83. The Labute approximate surface area is 103 Å². The molecule has 17 heavy (non-hydrogen) atoms. The molecule has 0 N–H and O–H groups in total. The summed E-state index contributed by atoms with van der Waals surface area (Å²) in [6.07, 6.45) is 5.69. The van der Waals surface area contributed by atoms with Crippen molar-refractivity contribution in [3.05, 3.63) is 0 Å². The van der Waals surface area contributed by atoms with Gasteiger partial charge in [-0.1, -0.05) is 0 Å². The highest BCUT2D eigenvalue weighted by atomic mass is 16.7. The molecule has 0 saturated heterocycles. The van der Waals surface area contributed by atoms with Crippen molar-refractivity contribution in [2.24, 2.45) is 11.8 Å². The van der Waals surface area contributed by atoms with Gasteiger partial charge in [-0.2, -0.15) is 0 Å². The van der Waals surface area contributed by atoms with Gasteiger partial charge in [0.05, 0.1) is 12.1 Å². The highest BCUT2D eigenvalue weighted by Gasteiger charge is 2.24. The van der Waals surface area contributed by atoms with Crippen LogP contribution in [0, 0.1) is 11.8 Å². The third kappa shape index (κ3) is 5.31. The van der Waals surface area contributed by atoms with E-state index in [1.54, 1.807) is 0 Å². The fourth-order valence-electron chi connectivity index (χ4n) is 2.21. The second kappa shape index (κ2) is 6.15. The number of aldehydes is 1. The Morgan fingerprint density at radius 1 is 1.18 bits per heavy atom. The number of carbonyl (C=O) groups is 2. The lowest BCUT2D eigenvalue weighted by atomic mass is 9.83. The monoisotopic (exact) mass is 241 g/mol. The van der Waals surface area contributed by atoms with Crippen LogP contribution in [0.5, 0.6) is 0 Å². The molecule has 1 aliphatic rings. The van der Waals surface area contributed by atoms with Crippen LogP contribution in [-0.4, -0.2) is 29.9 Å². The molecule has 0 aromatic carbocycles. The molecule has 4 heteroatoms. The van der Waals surface area contributed by atoms with E-state index in [-0.39, 0.29) is 11.5 Å². The van der Waals surface area contributed by atoms with Crippen molar-refractivity contribution in [2.75, 3.05) is 6.54 Å². The number of hydroxylamine groups is 2. The summed E-state index contributed by atoms with van der Waals surface area (Å²) in [6, 6.07) is 0. The maximum Gasteiger partial charge on any atom is 0.233 e. The molecule has 1 saturated carbocycles. The summed E-state index contributed by atoms with van der Waals surface area (Å²) in [5, 5.41) is 1.39. The van der Waals surface area contributed by atoms with Crippen molar-refractivity contribution < 1.29 is 14.4 Å². The largest absolute Gasteiger partial charge is 0.303 e. The molecule has 1 rings (SSSR count). The minimum atomic E-state index is -0.346. The number of rotatable bonds is 5. The SMILES string of the molecule is CC(C)(C)ON(C=O)CC1CCC(C=O)CC1. The molecule has 0 aromatic heterocycles. The van der Waals surface area contributed by atoms with Gasteiger partial charge >= 0.3 is 0 Å². The zero-order valence-electron chi connectivity index (χ0n) is 11.0. The van der Waals surface area contributed by atoms with Crippen LogP contribution in [0.1, 0.15) is 46.5 Å². The topological polar surface area (TPSA) is 46.6 Å². The van der Waals surface area contributed by atoms with Gasteiger partial charge in [-0.25, -0.2) is 5.06 Å². The van der Waals surface area contributed by atoms with Crippen molar-refractivity contribution in [1.29, 1.82) is 0 Å². The molecular formula is C13H23NO3. The lowest BCUT2D eigenvalue weighted by molar-refractivity contribution is -0.220. The van der Waals surface area contributed by atoms with Crippen LogP contribution in [-0.2, 0) is 14.4 Å². The summed E-state index contributed by atoms with van der Waals surface area (Å²) in [5.41, 5.74) is -0.346. The van der Waals surface area contributed by atoms with Gasteiger partial charge in [0.15, 0.2) is 0 Å². The van der Waals surface area contributed by atoms with E-state index in [1.807, 2.05) is 20.8 Å². The molecule has 1 amide bonds. The van der Waals surface area contributed by atoms with Gasteiger partial charge in [0.25, 0.3) is 0 Å². The smallest absolute Gasteiger partial charge is 0.233 e. The van der Waals surface area contributed by atoms with E-state index in [0.717, 1.165) is 38.4 Å². The third-order valence-electron chi connectivity index (χ3n) is 3.03. The van der Waals surface area contributed by atoms with E-state index >= 15 is 0 Å². The van der Waals surface area contributed by atoms with E-state index in [2.05, 4.69) is 0 Å². The third-order valence-corrected chi connectivity index (χ3v) is 3.03. The van der Waals surface area contributed by atoms with E-state index in [0.29, 0.717) is 12.5 Å². The van der Waals surface area contributed by atoms with Crippen molar-refractivity contribution in [3.8, 4) is 0 Å². The maximum atomic E-state index is 10.9. The molecule has 98 valence electrons. The van der Waals surface area contributed by atoms with Crippen LogP contribution >= 0.6 is 0 Å². The van der Waals surface area contributed by atoms with Gasteiger partial charge < -0.3 is 4.79 Å². The fraction of sp³-hybridized carbons (Fsp3) is 0.846. The molecule has 0 spiro atoms. The van der Waals surface area contributed by atoms with E-state index in [9.17, 15) is 9.59 Å². The van der Waals surface area contributed by atoms with Crippen molar-refractivity contribution in [2.45, 2.75) is 52.1 Å². The van der Waals surface area contributed by atoms with Crippen LogP contribution in [0.25, 0.3) is 0 Å². The Kier molecular flexibility index (Phi) is 5.12. The lowest BCUT2D eigenvalue weighted by Gasteiger charge is -2.32. The number of carbonyl (C=O) groups excluding carboxylic acids is 2. The predicted molar refractivity (Wildman–Crippen MR) is 65.1 cm³/mol. The molecule has 0 bridgehead atoms. The average Bonchev–Trinajstić information content (AvgIpc) is 2.27. The number of nitrogens with zero attached hydrogens (tertiary/aromatic N) is 1. The van der Waals surface area contributed by atoms with E-state index < -0.39 is 0 Å². The van der Waals surface area contributed by atoms with Crippen LogP contribution in [0.15, 0.2) is 0 Å². The fourth-order valence-corrected chi connectivity index (χ4v) is 2.21. The Morgan fingerprint density at radius 3 is 2.18 bits per heavy atom.